The Hall–Kier alpha value is -0.990. The van der Waals surface area contributed by atoms with Gasteiger partial charge in [-0.1, -0.05) is 30.7 Å². The van der Waals surface area contributed by atoms with E-state index in [0.717, 1.165) is 22.7 Å². The predicted molar refractivity (Wildman–Crippen MR) is 91.5 cm³/mol. The molecule has 1 heterocycles. The fraction of sp³-hybridized carbons (Fsp3) is 0.357. The quantitative estimate of drug-likeness (QED) is 0.761. The number of hydrogen-bond donors (Lipinski definition) is 2. The van der Waals surface area contributed by atoms with E-state index in [9.17, 15) is 8.42 Å². The highest BCUT2D eigenvalue weighted by Gasteiger charge is 2.09. The summed E-state index contributed by atoms with van der Waals surface area (Å²) in [6.07, 6.45) is 1.31. The van der Waals surface area contributed by atoms with Crippen molar-refractivity contribution in [1.29, 1.82) is 0 Å². The van der Waals surface area contributed by atoms with Crippen molar-refractivity contribution in [3.05, 3.63) is 40.4 Å². The van der Waals surface area contributed by atoms with Crippen molar-refractivity contribution in [2.24, 2.45) is 0 Å². The van der Waals surface area contributed by atoms with Crippen molar-refractivity contribution in [3.63, 3.8) is 0 Å². The molecule has 1 aromatic heterocycles. The average Bonchev–Trinajstić information content (AvgIpc) is 2.94. The van der Waals surface area contributed by atoms with Crippen molar-refractivity contribution in [1.82, 2.24) is 14.4 Å². The van der Waals surface area contributed by atoms with Crippen LogP contribution in [-0.4, -0.2) is 26.5 Å². The van der Waals surface area contributed by atoms with Gasteiger partial charge in [-0.05, 0) is 18.6 Å². The standard InChI is InChI=1S/C14H18ClN3O2S2/c1-2-8-16-22(19,20)17-9-7-13-10-21-14(18-13)11-3-5-12(15)6-4-11/h3-6,10,16-17H,2,7-9H2,1H3. The lowest BCUT2D eigenvalue weighted by Gasteiger charge is -2.06. The van der Waals surface area contributed by atoms with E-state index in [-0.39, 0.29) is 0 Å². The van der Waals surface area contributed by atoms with Gasteiger partial charge >= 0.3 is 0 Å². The number of benzene rings is 1. The third-order valence-corrected chi connectivity index (χ3v) is 5.22. The van der Waals surface area contributed by atoms with Crippen LogP contribution in [0.4, 0.5) is 0 Å². The number of halogens is 1. The smallest absolute Gasteiger partial charge is 0.241 e. The Kier molecular flexibility index (Phi) is 6.34. The topological polar surface area (TPSA) is 71.1 Å². The van der Waals surface area contributed by atoms with E-state index in [1.807, 2.05) is 36.6 Å². The lowest BCUT2D eigenvalue weighted by Crippen LogP contribution is -2.37. The molecule has 0 fully saturated rings. The highest BCUT2D eigenvalue weighted by Crippen LogP contribution is 2.25. The third-order valence-electron chi connectivity index (χ3n) is 2.86. The molecule has 2 N–H and O–H groups in total. The molecule has 0 saturated carbocycles. The molecule has 120 valence electrons. The second-order valence-electron chi connectivity index (χ2n) is 4.69. The fourth-order valence-electron chi connectivity index (χ4n) is 1.75. The molecule has 0 spiro atoms. The number of nitrogens with one attached hydrogen (secondary N) is 2. The van der Waals surface area contributed by atoms with Gasteiger partial charge in [0.2, 0.25) is 0 Å². The molecular weight excluding hydrogens is 342 g/mol. The average molecular weight is 360 g/mol. The molecule has 0 radical (unpaired) electrons. The van der Waals surface area contributed by atoms with Crippen LogP contribution in [0.25, 0.3) is 10.6 Å². The first-order chi connectivity index (χ1) is 10.5. The van der Waals surface area contributed by atoms with E-state index in [0.29, 0.717) is 24.5 Å². The van der Waals surface area contributed by atoms with Crippen LogP contribution >= 0.6 is 22.9 Å². The molecule has 5 nitrogen and oxygen atoms in total. The van der Waals surface area contributed by atoms with E-state index < -0.39 is 10.2 Å². The Morgan fingerprint density at radius 2 is 1.86 bits per heavy atom. The van der Waals surface area contributed by atoms with Crippen molar-refractivity contribution in [3.8, 4) is 10.6 Å². The molecule has 0 aliphatic carbocycles. The maximum absolute atomic E-state index is 11.6. The Morgan fingerprint density at radius 1 is 1.18 bits per heavy atom. The van der Waals surface area contributed by atoms with Gasteiger partial charge < -0.3 is 0 Å². The highest BCUT2D eigenvalue weighted by molar-refractivity contribution is 7.87. The molecule has 0 aliphatic rings. The molecule has 22 heavy (non-hydrogen) atoms. The summed E-state index contributed by atoms with van der Waals surface area (Å²) in [6.45, 7) is 2.67. The second kappa shape index (κ2) is 8.03. The summed E-state index contributed by atoms with van der Waals surface area (Å²) in [5.74, 6) is 0. The first-order valence-electron chi connectivity index (χ1n) is 6.95. The van der Waals surface area contributed by atoms with E-state index in [2.05, 4.69) is 14.4 Å². The van der Waals surface area contributed by atoms with Crippen LogP contribution in [0.5, 0.6) is 0 Å². The minimum Gasteiger partial charge on any atom is -0.241 e. The molecular formula is C14H18ClN3O2S2. The van der Waals surface area contributed by atoms with Gasteiger partial charge in [0.05, 0.1) is 5.69 Å². The molecule has 0 amide bonds. The lowest BCUT2D eigenvalue weighted by molar-refractivity contribution is 0.565. The van der Waals surface area contributed by atoms with Gasteiger partial charge in [-0.15, -0.1) is 11.3 Å². The maximum atomic E-state index is 11.6. The number of nitrogens with zero attached hydrogens (tertiary/aromatic N) is 1. The zero-order valence-electron chi connectivity index (χ0n) is 12.2. The molecule has 1 aromatic carbocycles. The van der Waals surface area contributed by atoms with Crippen molar-refractivity contribution in [2.45, 2.75) is 19.8 Å². The van der Waals surface area contributed by atoms with E-state index >= 15 is 0 Å². The van der Waals surface area contributed by atoms with Crippen LogP contribution in [0.2, 0.25) is 5.02 Å². The van der Waals surface area contributed by atoms with Gasteiger partial charge in [0.1, 0.15) is 5.01 Å². The molecule has 0 atom stereocenters. The van der Waals surface area contributed by atoms with E-state index in [1.54, 1.807) is 0 Å². The minimum atomic E-state index is -3.40. The van der Waals surface area contributed by atoms with E-state index in [4.69, 9.17) is 11.6 Å². The van der Waals surface area contributed by atoms with Gasteiger partial charge in [-0.2, -0.15) is 8.42 Å². The van der Waals surface area contributed by atoms with Crippen LogP contribution in [0.3, 0.4) is 0 Å². The fourth-order valence-corrected chi connectivity index (χ4v) is 3.68. The van der Waals surface area contributed by atoms with Gasteiger partial charge in [0.15, 0.2) is 0 Å². The molecule has 0 unspecified atom stereocenters. The van der Waals surface area contributed by atoms with Gasteiger partial charge in [-0.3, -0.25) is 0 Å². The minimum absolute atomic E-state index is 0.322. The molecule has 2 aromatic rings. The monoisotopic (exact) mass is 359 g/mol. The largest absolute Gasteiger partial charge is 0.276 e. The maximum Gasteiger partial charge on any atom is 0.276 e. The Bertz CT molecular complexity index is 699. The van der Waals surface area contributed by atoms with Crippen molar-refractivity contribution < 1.29 is 8.42 Å². The number of hydrogen-bond acceptors (Lipinski definition) is 4. The summed E-state index contributed by atoms with van der Waals surface area (Å²) in [4.78, 5) is 4.51. The zero-order chi connectivity index (χ0) is 16.0. The van der Waals surface area contributed by atoms with Crippen molar-refractivity contribution >= 4 is 33.1 Å². The van der Waals surface area contributed by atoms with Gasteiger partial charge in [-0.25, -0.2) is 14.4 Å². The molecule has 0 saturated heterocycles. The number of aromatic nitrogens is 1. The summed E-state index contributed by atoms with van der Waals surface area (Å²) >= 11 is 7.40. The molecule has 0 bridgehead atoms. The highest BCUT2D eigenvalue weighted by atomic mass is 35.5. The lowest BCUT2D eigenvalue weighted by atomic mass is 10.2. The van der Waals surface area contributed by atoms with Crippen molar-refractivity contribution in [2.75, 3.05) is 13.1 Å². The first-order valence-corrected chi connectivity index (χ1v) is 9.69. The number of thiazole rings is 1. The Labute approximate surface area is 139 Å². The molecule has 8 heteroatoms. The van der Waals surface area contributed by atoms with Crippen LogP contribution in [-0.2, 0) is 16.6 Å². The summed E-state index contributed by atoms with van der Waals surface area (Å²) in [7, 11) is -3.40. The second-order valence-corrected chi connectivity index (χ2v) is 7.57. The van der Waals surface area contributed by atoms with Crippen LogP contribution < -0.4 is 9.44 Å². The third kappa shape index (κ3) is 5.33. The van der Waals surface area contributed by atoms with Crippen LogP contribution in [0.15, 0.2) is 29.6 Å². The predicted octanol–water partition coefficient (Wildman–Crippen LogP) is 2.84. The summed E-state index contributed by atoms with van der Waals surface area (Å²) in [5, 5.41) is 3.53. The van der Waals surface area contributed by atoms with Crippen LogP contribution in [0.1, 0.15) is 19.0 Å². The summed E-state index contributed by atoms with van der Waals surface area (Å²) in [6, 6.07) is 7.49. The van der Waals surface area contributed by atoms with Crippen LogP contribution in [0, 0.1) is 0 Å². The first kappa shape index (κ1) is 17.4. The Morgan fingerprint density at radius 3 is 2.55 bits per heavy atom. The van der Waals surface area contributed by atoms with E-state index in [1.165, 1.54) is 11.3 Å². The molecule has 2 rings (SSSR count). The number of rotatable bonds is 8. The van der Waals surface area contributed by atoms with Gasteiger partial charge in [0, 0.05) is 35.5 Å². The molecule has 0 aliphatic heterocycles. The summed E-state index contributed by atoms with van der Waals surface area (Å²) in [5.41, 5.74) is 1.87. The summed E-state index contributed by atoms with van der Waals surface area (Å²) < 4.78 is 28.1. The normalized spacial score (nSPS) is 11.7. The zero-order valence-corrected chi connectivity index (χ0v) is 14.6. The SMILES string of the molecule is CCCNS(=O)(=O)NCCc1csc(-c2ccc(Cl)cc2)n1. The Balaban J connectivity index is 1.89. The van der Waals surface area contributed by atoms with Gasteiger partial charge in [0.25, 0.3) is 10.2 Å².